The molecule has 0 heterocycles. The predicted molar refractivity (Wildman–Crippen MR) is 119 cm³/mol. The number of nitrogens with one attached hydrogen (secondary N) is 2. The minimum absolute atomic E-state index is 0.105. The quantitative estimate of drug-likeness (QED) is 0.567. The summed E-state index contributed by atoms with van der Waals surface area (Å²) in [5.41, 5.74) is -3.15. The maximum absolute atomic E-state index is 13.3. The molecule has 186 valence electrons. The molecule has 0 saturated heterocycles. The molecule has 35 heavy (non-hydrogen) atoms. The van der Waals surface area contributed by atoms with Crippen LogP contribution in [0, 0.1) is 16.7 Å². The lowest BCUT2D eigenvalue weighted by Crippen LogP contribution is -2.74. The second kappa shape index (κ2) is 7.96. The lowest BCUT2D eigenvalue weighted by atomic mass is 9.40. The Morgan fingerprint density at radius 3 is 2.11 bits per heavy atom. The smallest absolute Gasteiger partial charge is 0.346 e. The normalized spacial score (nSPS) is 23.4. The van der Waals surface area contributed by atoms with E-state index < -0.39 is 59.0 Å². The maximum Gasteiger partial charge on any atom is 0.416 e. The van der Waals surface area contributed by atoms with Gasteiger partial charge < -0.3 is 5.32 Å². The molecule has 13 heteroatoms. The molecule has 0 radical (unpaired) electrons. The van der Waals surface area contributed by atoms with E-state index in [2.05, 4.69) is 11.4 Å². The van der Waals surface area contributed by atoms with E-state index in [0.717, 1.165) is 30.3 Å². The first-order chi connectivity index (χ1) is 16.1. The van der Waals surface area contributed by atoms with Crippen LogP contribution in [0.2, 0.25) is 0 Å². The topological polar surface area (TPSA) is 133 Å². The van der Waals surface area contributed by atoms with Gasteiger partial charge in [-0.2, -0.15) is 18.4 Å². The first-order valence-electron chi connectivity index (χ1n) is 10.5. The third kappa shape index (κ3) is 4.48. The maximum atomic E-state index is 13.3. The molecule has 5 rings (SSSR count). The van der Waals surface area contributed by atoms with E-state index >= 15 is 0 Å². The number of sulfone groups is 1. The van der Waals surface area contributed by atoms with Crippen LogP contribution in [0.3, 0.4) is 0 Å². The van der Waals surface area contributed by atoms with Gasteiger partial charge in [-0.05, 0) is 61.7 Å². The number of halogens is 3. The number of hydrogen-bond acceptors (Lipinski definition) is 6. The van der Waals surface area contributed by atoms with Crippen molar-refractivity contribution in [1.29, 1.82) is 5.26 Å². The Labute approximate surface area is 200 Å². The van der Waals surface area contributed by atoms with Gasteiger partial charge in [-0.1, -0.05) is 6.92 Å². The van der Waals surface area contributed by atoms with Crippen LogP contribution in [0.5, 0.6) is 0 Å². The monoisotopic (exact) mass is 527 g/mol. The number of anilines is 1. The number of amides is 1. The lowest BCUT2D eigenvalue weighted by molar-refractivity contribution is -0.137. The van der Waals surface area contributed by atoms with E-state index in [-0.39, 0.29) is 16.2 Å². The highest BCUT2D eigenvalue weighted by Gasteiger charge is 2.69. The van der Waals surface area contributed by atoms with Gasteiger partial charge >= 0.3 is 6.18 Å². The summed E-state index contributed by atoms with van der Waals surface area (Å²) in [6.07, 6.45) is -3.51. The Hall–Kier alpha value is -3.11. The van der Waals surface area contributed by atoms with Crippen molar-refractivity contribution in [3.63, 3.8) is 0 Å². The van der Waals surface area contributed by atoms with Crippen molar-refractivity contribution in [3.8, 4) is 6.07 Å². The van der Waals surface area contributed by atoms with E-state index in [4.69, 9.17) is 5.26 Å². The van der Waals surface area contributed by atoms with Gasteiger partial charge in [-0.3, -0.25) is 9.52 Å². The molecule has 0 spiro atoms. The van der Waals surface area contributed by atoms with Crippen molar-refractivity contribution in [3.05, 3.63) is 53.6 Å². The second-order valence-electron chi connectivity index (χ2n) is 8.90. The van der Waals surface area contributed by atoms with Crippen LogP contribution >= 0.6 is 0 Å². The molecule has 2 aromatic rings. The molecular formula is C22H20F3N3O5S2. The second-order valence-corrected chi connectivity index (χ2v) is 12.9. The van der Waals surface area contributed by atoms with E-state index in [1.54, 1.807) is 0 Å². The van der Waals surface area contributed by atoms with E-state index in [9.17, 15) is 34.8 Å². The lowest BCUT2D eigenvalue weighted by Gasteiger charge is -2.66. The van der Waals surface area contributed by atoms with Crippen LogP contribution in [-0.4, -0.2) is 34.0 Å². The van der Waals surface area contributed by atoms with Crippen LogP contribution in [0.15, 0.2) is 52.3 Å². The third-order valence-corrected chi connectivity index (χ3v) is 9.49. The Morgan fingerprint density at radius 2 is 1.60 bits per heavy atom. The molecule has 0 aromatic heterocycles. The molecule has 0 unspecified atom stereocenters. The number of benzene rings is 2. The number of carbonyl (C=O) groups is 1. The van der Waals surface area contributed by atoms with Crippen molar-refractivity contribution in [2.75, 3.05) is 10.5 Å². The number of rotatable bonds is 7. The van der Waals surface area contributed by atoms with Crippen LogP contribution in [-0.2, 0) is 26.0 Å². The van der Waals surface area contributed by atoms with E-state index in [1.807, 2.05) is 4.72 Å². The van der Waals surface area contributed by atoms with E-state index in [0.29, 0.717) is 31.4 Å². The molecule has 3 fully saturated rings. The molecular weight excluding hydrogens is 507 g/mol. The summed E-state index contributed by atoms with van der Waals surface area (Å²) in [5, 5.41) is 11.8. The highest BCUT2D eigenvalue weighted by atomic mass is 32.2. The fourth-order valence-corrected chi connectivity index (χ4v) is 6.50. The standard InChI is InChI=1S/C22H20F3N3O5S2/c1-2-34(30,31)15-4-6-16(7-5-15)35(32,33)28-18-9-14(22(23,24)25)3-8-17(18)19(29)27-21-10-20(11-21,12-21)13-26/h3-9,28H,2,10-12H2,1H3,(H,27,29). The molecule has 3 aliphatic carbocycles. The summed E-state index contributed by atoms with van der Waals surface area (Å²) in [4.78, 5) is 12.4. The third-order valence-electron chi connectivity index (χ3n) is 6.36. The van der Waals surface area contributed by atoms with Crippen molar-refractivity contribution in [1.82, 2.24) is 5.32 Å². The Kier molecular flexibility index (Phi) is 5.68. The first-order valence-corrected chi connectivity index (χ1v) is 13.6. The largest absolute Gasteiger partial charge is 0.416 e. The highest BCUT2D eigenvalue weighted by Crippen LogP contribution is 2.66. The predicted octanol–water partition coefficient (Wildman–Crippen LogP) is 3.48. The minimum Gasteiger partial charge on any atom is -0.346 e. The zero-order chi connectivity index (χ0) is 25.9. The van der Waals surface area contributed by atoms with Crippen LogP contribution in [0.4, 0.5) is 18.9 Å². The van der Waals surface area contributed by atoms with Gasteiger partial charge in [0.05, 0.1) is 43.8 Å². The molecule has 8 nitrogen and oxygen atoms in total. The van der Waals surface area contributed by atoms with Crippen molar-refractivity contribution in [2.45, 2.75) is 47.7 Å². The van der Waals surface area contributed by atoms with Crippen LogP contribution in [0.25, 0.3) is 0 Å². The molecule has 2 aromatic carbocycles. The zero-order valence-electron chi connectivity index (χ0n) is 18.3. The zero-order valence-corrected chi connectivity index (χ0v) is 19.9. The molecule has 3 saturated carbocycles. The highest BCUT2D eigenvalue weighted by molar-refractivity contribution is 7.92. The number of nitriles is 1. The summed E-state index contributed by atoms with van der Waals surface area (Å²) in [6.45, 7) is 1.43. The average Bonchev–Trinajstić information content (AvgIpc) is 2.74. The Morgan fingerprint density at radius 1 is 1.03 bits per heavy atom. The summed E-state index contributed by atoms with van der Waals surface area (Å²) in [7, 11) is -8.06. The van der Waals surface area contributed by atoms with Crippen LogP contribution in [0.1, 0.15) is 42.1 Å². The fourth-order valence-electron chi connectivity index (χ4n) is 4.55. The van der Waals surface area contributed by atoms with Gasteiger partial charge in [0.1, 0.15) is 0 Å². The van der Waals surface area contributed by atoms with Crippen molar-refractivity contribution < 1.29 is 34.8 Å². The fraction of sp³-hybridized carbons (Fsp3) is 0.364. The van der Waals surface area contributed by atoms with Gasteiger partial charge in [-0.25, -0.2) is 16.8 Å². The molecule has 2 bridgehead atoms. The first kappa shape index (κ1) is 25.0. The van der Waals surface area contributed by atoms with Gasteiger partial charge in [0.15, 0.2) is 9.84 Å². The Balaban J connectivity index is 1.64. The minimum atomic E-state index is -4.79. The molecule has 1 amide bonds. The van der Waals surface area contributed by atoms with E-state index in [1.165, 1.54) is 6.92 Å². The summed E-state index contributed by atoms with van der Waals surface area (Å²) >= 11 is 0. The van der Waals surface area contributed by atoms with Crippen molar-refractivity contribution in [2.24, 2.45) is 5.41 Å². The molecule has 0 atom stereocenters. The summed E-state index contributed by atoms with van der Waals surface area (Å²) < 4.78 is 91.7. The number of carbonyl (C=O) groups excluding carboxylic acids is 1. The van der Waals surface area contributed by atoms with Crippen molar-refractivity contribution >= 4 is 31.5 Å². The Bertz CT molecular complexity index is 1440. The van der Waals surface area contributed by atoms with Crippen LogP contribution < -0.4 is 10.0 Å². The molecule has 3 aliphatic rings. The number of hydrogen-bond donors (Lipinski definition) is 2. The van der Waals surface area contributed by atoms with Gasteiger partial charge in [0.25, 0.3) is 15.9 Å². The van der Waals surface area contributed by atoms with Gasteiger partial charge in [0.2, 0.25) is 0 Å². The number of nitrogens with zero attached hydrogens (tertiary/aromatic N) is 1. The summed E-state index contributed by atoms with van der Waals surface area (Å²) in [6, 6.07) is 8.47. The SMILES string of the molecule is CCS(=O)(=O)c1ccc(S(=O)(=O)Nc2cc(C(F)(F)F)ccc2C(=O)NC23CC(C#N)(C2)C3)cc1. The van der Waals surface area contributed by atoms with Gasteiger partial charge in [-0.15, -0.1) is 0 Å². The number of alkyl halides is 3. The van der Waals surface area contributed by atoms with Gasteiger partial charge in [0, 0.05) is 5.54 Å². The molecule has 0 aliphatic heterocycles. The molecule has 2 N–H and O–H groups in total. The number of sulfonamides is 1. The summed E-state index contributed by atoms with van der Waals surface area (Å²) in [5.74, 6) is -0.969. The average molecular weight is 528 g/mol.